The van der Waals surface area contributed by atoms with Gasteiger partial charge in [0.15, 0.2) is 5.17 Å². The van der Waals surface area contributed by atoms with E-state index >= 15 is 0 Å². The summed E-state index contributed by atoms with van der Waals surface area (Å²) in [6.45, 7) is 0. The van der Waals surface area contributed by atoms with Gasteiger partial charge in [-0.2, -0.15) is 5.10 Å². The molecule has 0 aliphatic carbocycles. The topological polar surface area (TPSA) is 49.6 Å². The molecule has 1 aliphatic heterocycles. The molecule has 1 N–H and O–H groups in total. The first-order valence-corrected chi connectivity index (χ1v) is 5.22. The molecule has 6 heteroatoms. The number of hydrazone groups is 1. The number of halogens is 1. The van der Waals surface area contributed by atoms with Crippen molar-refractivity contribution >= 4 is 35.0 Å². The van der Waals surface area contributed by atoms with Gasteiger partial charge >= 0.3 is 0 Å². The summed E-state index contributed by atoms with van der Waals surface area (Å²) in [6, 6.07) is 5.81. The van der Waals surface area contributed by atoms with E-state index in [0.29, 0.717) is 0 Å². The Balaban J connectivity index is 0.00000112. The molecule has 0 amide bonds. The molecule has 0 bridgehead atoms. The van der Waals surface area contributed by atoms with Gasteiger partial charge in [-0.3, -0.25) is 15.4 Å². The average molecular weight is 243 g/mol. The van der Waals surface area contributed by atoms with Gasteiger partial charge in [0.05, 0.1) is 11.4 Å². The fourth-order valence-electron chi connectivity index (χ4n) is 1.10. The van der Waals surface area contributed by atoms with Gasteiger partial charge in [-0.1, -0.05) is 17.8 Å². The van der Waals surface area contributed by atoms with E-state index in [1.54, 1.807) is 25.0 Å². The van der Waals surface area contributed by atoms with Crippen LogP contribution in [-0.4, -0.2) is 28.7 Å². The zero-order valence-corrected chi connectivity index (χ0v) is 9.81. The largest absolute Gasteiger partial charge is 0.265 e. The van der Waals surface area contributed by atoms with E-state index in [1.165, 1.54) is 0 Å². The molecule has 2 heterocycles. The molecule has 0 saturated heterocycles. The van der Waals surface area contributed by atoms with Crippen LogP contribution < -0.4 is 5.43 Å². The van der Waals surface area contributed by atoms with Crippen LogP contribution in [0, 0.1) is 0 Å². The molecule has 4 nitrogen and oxygen atoms in total. The standard InChI is InChI=1S/C9H10N4S.ClH/c1-10-9-13-12-8(6-14-9)7-4-2-3-5-11-7;/h2-5H,6H2,1H3,(H,10,13);1H. The van der Waals surface area contributed by atoms with Crippen LogP contribution >= 0.6 is 24.2 Å². The fourth-order valence-corrected chi connectivity index (χ4v) is 1.82. The first-order valence-electron chi connectivity index (χ1n) is 4.23. The lowest BCUT2D eigenvalue weighted by Gasteiger charge is -2.13. The van der Waals surface area contributed by atoms with Crippen molar-refractivity contribution in [3.8, 4) is 0 Å². The Labute approximate surface area is 98.7 Å². The Kier molecular flexibility index (Phi) is 4.58. The van der Waals surface area contributed by atoms with Crippen molar-refractivity contribution in [2.24, 2.45) is 10.1 Å². The molecule has 15 heavy (non-hydrogen) atoms. The molecule has 0 unspecified atom stereocenters. The smallest absolute Gasteiger partial charge is 0.177 e. The molecular formula is C9H11ClN4S. The second-order valence-electron chi connectivity index (χ2n) is 2.70. The van der Waals surface area contributed by atoms with Crippen LogP contribution in [0.5, 0.6) is 0 Å². The summed E-state index contributed by atoms with van der Waals surface area (Å²) in [4.78, 5) is 8.25. The minimum atomic E-state index is 0. The number of aromatic nitrogens is 1. The van der Waals surface area contributed by atoms with Crippen molar-refractivity contribution in [1.29, 1.82) is 0 Å². The van der Waals surface area contributed by atoms with E-state index in [9.17, 15) is 0 Å². The van der Waals surface area contributed by atoms with Gasteiger partial charge in [-0.05, 0) is 12.1 Å². The molecule has 1 aromatic heterocycles. The van der Waals surface area contributed by atoms with E-state index in [-0.39, 0.29) is 12.4 Å². The SMILES string of the molecule is CN=C1NN=C(c2ccccn2)CS1.Cl. The number of rotatable bonds is 1. The molecule has 2 rings (SSSR count). The van der Waals surface area contributed by atoms with Gasteiger partial charge in [0.25, 0.3) is 0 Å². The Morgan fingerprint density at radius 2 is 2.33 bits per heavy atom. The molecule has 80 valence electrons. The molecule has 0 radical (unpaired) electrons. The second-order valence-corrected chi connectivity index (χ2v) is 3.67. The molecule has 1 aromatic rings. The van der Waals surface area contributed by atoms with Crippen LogP contribution in [0.3, 0.4) is 0 Å². The summed E-state index contributed by atoms with van der Waals surface area (Å²) in [7, 11) is 1.75. The van der Waals surface area contributed by atoms with Crippen molar-refractivity contribution < 1.29 is 0 Å². The van der Waals surface area contributed by atoms with Crippen LogP contribution in [0.1, 0.15) is 5.69 Å². The Morgan fingerprint density at radius 3 is 2.87 bits per heavy atom. The maximum Gasteiger partial charge on any atom is 0.177 e. The summed E-state index contributed by atoms with van der Waals surface area (Å²) >= 11 is 1.63. The highest BCUT2D eigenvalue weighted by Gasteiger charge is 2.12. The molecule has 0 aromatic carbocycles. The maximum atomic E-state index is 4.23. The predicted molar refractivity (Wildman–Crippen MR) is 67.0 cm³/mol. The van der Waals surface area contributed by atoms with Crippen LogP contribution in [-0.2, 0) is 0 Å². The molecule has 0 saturated carbocycles. The van der Waals surface area contributed by atoms with Crippen LogP contribution in [0.2, 0.25) is 0 Å². The Hall–Kier alpha value is -1.07. The van der Waals surface area contributed by atoms with Crippen molar-refractivity contribution in [3.05, 3.63) is 30.1 Å². The minimum Gasteiger partial charge on any atom is -0.265 e. The van der Waals surface area contributed by atoms with E-state index in [4.69, 9.17) is 0 Å². The Morgan fingerprint density at radius 1 is 1.47 bits per heavy atom. The second kappa shape index (κ2) is 5.72. The van der Waals surface area contributed by atoms with Gasteiger partial charge in [-0.15, -0.1) is 12.4 Å². The van der Waals surface area contributed by atoms with Crippen LogP contribution in [0.25, 0.3) is 0 Å². The summed E-state index contributed by atoms with van der Waals surface area (Å²) in [5.74, 6) is 0.816. The third-order valence-electron chi connectivity index (χ3n) is 1.80. The summed E-state index contributed by atoms with van der Waals surface area (Å²) < 4.78 is 0. The zero-order valence-electron chi connectivity index (χ0n) is 8.17. The van der Waals surface area contributed by atoms with Crippen molar-refractivity contribution in [1.82, 2.24) is 10.4 Å². The highest BCUT2D eigenvalue weighted by atomic mass is 35.5. The fraction of sp³-hybridized carbons (Fsp3) is 0.222. The lowest BCUT2D eigenvalue weighted by atomic mass is 10.2. The van der Waals surface area contributed by atoms with Gasteiger partial charge in [0.2, 0.25) is 0 Å². The van der Waals surface area contributed by atoms with E-state index < -0.39 is 0 Å². The number of hydrogen-bond acceptors (Lipinski definition) is 4. The average Bonchev–Trinajstić information content (AvgIpc) is 2.30. The first kappa shape index (κ1) is 12.0. The molecular weight excluding hydrogens is 232 g/mol. The normalized spacial score (nSPS) is 17.7. The van der Waals surface area contributed by atoms with Crippen LogP contribution in [0.4, 0.5) is 0 Å². The number of hydrogen-bond donors (Lipinski definition) is 1. The first-order chi connectivity index (χ1) is 6.90. The maximum absolute atomic E-state index is 4.23. The number of amidine groups is 1. The quantitative estimate of drug-likeness (QED) is 0.813. The summed E-state index contributed by atoms with van der Waals surface area (Å²) in [5, 5.41) is 5.06. The van der Waals surface area contributed by atoms with Crippen molar-refractivity contribution in [3.63, 3.8) is 0 Å². The number of thioether (sulfide) groups is 1. The van der Waals surface area contributed by atoms with Crippen molar-refractivity contribution in [2.45, 2.75) is 0 Å². The summed E-state index contributed by atoms with van der Waals surface area (Å²) in [5.41, 5.74) is 4.76. The zero-order chi connectivity index (χ0) is 9.80. The minimum absolute atomic E-state index is 0. The van der Waals surface area contributed by atoms with E-state index in [0.717, 1.165) is 22.3 Å². The monoisotopic (exact) mass is 242 g/mol. The summed E-state index contributed by atoms with van der Waals surface area (Å²) in [6.07, 6.45) is 1.77. The molecule has 1 aliphatic rings. The van der Waals surface area contributed by atoms with Crippen LogP contribution in [0.15, 0.2) is 34.5 Å². The highest BCUT2D eigenvalue weighted by Crippen LogP contribution is 2.11. The Bertz CT molecular complexity index is 377. The lowest BCUT2D eigenvalue weighted by Crippen LogP contribution is -2.25. The van der Waals surface area contributed by atoms with Gasteiger partial charge < -0.3 is 0 Å². The van der Waals surface area contributed by atoms with Crippen molar-refractivity contribution in [2.75, 3.05) is 12.8 Å². The van der Waals surface area contributed by atoms with E-state index in [1.807, 2.05) is 18.2 Å². The van der Waals surface area contributed by atoms with Gasteiger partial charge in [0.1, 0.15) is 0 Å². The van der Waals surface area contributed by atoms with Gasteiger partial charge in [-0.25, -0.2) is 0 Å². The molecule has 0 spiro atoms. The number of nitrogens with zero attached hydrogens (tertiary/aromatic N) is 3. The van der Waals surface area contributed by atoms with Gasteiger partial charge in [0, 0.05) is 19.0 Å². The number of aliphatic imine (C=N–C) groups is 1. The molecule has 0 atom stereocenters. The molecule has 0 fully saturated rings. The lowest BCUT2D eigenvalue weighted by molar-refractivity contribution is 1.02. The third-order valence-corrected chi connectivity index (χ3v) is 2.76. The highest BCUT2D eigenvalue weighted by molar-refractivity contribution is 8.14. The van der Waals surface area contributed by atoms with E-state index in [2.05, 4.69) is 20.5 Å². The third kappa shape index (κ3) is 2.94. The predicted octanol–water partition coefficient (Wildman–Crippen LogP) is 1.53. The number of nitrogens with one attached hydrogen (secondary N) is 1. The number of pyridine rings is 1.